The van der Waals surface area contributed by atoms with Crippen molar-refractivity contribution in [1.29, 1.82) is 0 Å². The molecule has 2 amide bonds. The number of amides is 2. The van der Waals surface area contributed by atoms with Crippen LogP contribution in [-0.4, -0.2) is 71.8 Å². The van der Waals surface area contributed by atoms with Crippen LogP contribution >= 0.6 is 11.6 Å². The van der Waals surface area contributed by atoms with Crippen molar-refractivity contribution in [3.63, 3.8) is 0 Å². The molecule has 188 valence electrons. The molecule has 2 fully saturated rings. The van der Waals surface area contributed by atoms with Crippen LogP contribution in [0.2, 0.25) is 5.02 Å². The van der Waals surface area contributed by atoms with Crippen molar-refractivity contribution in [3.8, 4) is 0 Å². The predicted molar refractivity (Wildman–Crippen MR) is 149 cm³/mol. The molecular weight excluding hydrogens is 482 g/mol. The second kappa shape index (κ2) is 10.2. The van der Waals surface area contributed by atoms with Crippen LogP contribution in [0.4, 0.5) is 0 Å². The van der Waals surface area contributed by atoms with Gasteiger partial charge in [0.1, 0.15) is 0 Å². The summed E-state index contributed by atoms with van der Waals surface area (Å²) in [6.07, 6.45) is 1.89. The van der Waals surface area contributed by atoms with Crippen molar-refractivity contribution >= 4 is 45.0 Å². The Labute approximate surface area is 222 Å². The van der Waals surface area contributed by atoms with Gasteiger partial charge in [-0.3, -0.25) is 14.5 Å². The standard InChI is InChI=1S/C31H30ClN3O2/c32-28-12-6-5-11-27(28)30(36)34-15-13-24(14-16-34)33-17-19-35(20-18-33)31(37)29-25-9-3-1-7-22(25)21-23-8-2-4-10-26(23)29/h1-12,21,24H,13-20H2. The molecule has 2 saturated heterocycles. The number of likely N-dealkylation sites (tertiary alicyclic amines) is 1. The van der Waals surface area contributed by atoms with E-state index >= 15 is 0 Å². The van der Waals surface area contributed by atoms with Gasteiger partial charge in [-0.25, -0.2) is 0 Å². The minimum atomic E-state index is 0.0155. The van der Waals surface area contributed by atoms with E-state index in [0.29, 0.717) is 16.6 Å². The average Bonchev–Trinajstić information content (AvgIpc) is 2.95. The first-order valence-corrected chi connectivity index (χ1v) is 13.5. The highest BCUT2D eigenvalue weighted by Crippen LogP contribution is 2.30. The van der Waals surface area contributed by atoms with Gasteiger partial charge in [-0.05, 0) is 52.6 Å². The molecule has 0 aromatic heterocycles. The van der Waals surface area contributed by atoms with Crippen molar-refractivity contribution in [2.45, 2.75) is 18.9 Å². The molecule has 6 rings (SSSR count). The number of halogens is 1. The molecule has 0 N–H and O–H groups in total. The molecule has 4 aromatic carbocycles. The second-order valence-corrected chi connectivity index (χ2v) is 10.4. The summed E-state index contributed by atoms with van der Waals surface area (Å²) in [5, 5.41) is 4.74. The van der Waals surface area contributed by atoms with Crippen LogP contribution < -0.4 is 0 Å². The van der Waals surface area contributed by atoms with Gasteiger partial charge in [0, 0.05) is 45.3 Å². The summed E-state index contributed by atoms with van der Waals surface area (Å²) in [5.74, 6) is 0.134. The molecule has 4 aromatic rings. The fourth-order valence-corrected chi connectivity index (χ4v) is 6.15. The Bertz CT molecular complexity index is 1420. The molecule has 0 aliphatic carbocycles. The Morgan fingerprint density at radius 1 is 0.649 bits per heavy atom. The fraction of sp³-hybridized carbons (Fsp3) is 0.290. The number of piperazine rings is 1. The highest BCUT2D eigenvalue weighted by Gasteiger charge is 2.31. The van der Waals surface area contributed by atoms with Crippen LogP contribution in [0.25, 0.3) is 21.5 Å². The summed E-state index contributed by atoms with van der Waals surface area (Å²) in [6, 6.07) is 26.2. The van der Waals surface area contributed by atoms with Gasteiger partial charge < -0.3 is 9.80 Å². The zero-order chi connectivity index (χ0) is 25.4. The lowest BCUT2D eigenvalue weighted by molar-refractivity contribution is 0.0414. The minimum Gasteiger partial charge on any atom is -0.338 e. The van der Waals surface area contributed by atoms with Gasteiger partial charge in [-0.1, -0.05) is 72.3 Å². The van der Waals surface area contributed by atoms with E-state index in [9.17, 15) is 9.59 Å². The van der Waals surface area contributed by atoms with E-state index in [1.165, 1.54) is 0 Å². The third-order valence-electron chi connectivity index (χ3n) is 7.96. The van der Waals surface area contributed by atoms with Crippen molar-refractivity contribution in [2.24, 2.45) is 0 Å². The van der Waals surface area contributed by atoms with Gasteiger partial charge in [-0.2, -0.15) is 0 Å². The summed E-state index contributed by atoms with van der Waals surface area (Å²) in [4.78, 5) is 33.2. The molecule has 5 nitrogen and oxygen atoms in total. The van der Waals surface area contributed by atoms with Crippen LogP contribution in [0.3, 0.4) is 0 Å². The SMILES string of the molecule is O=C(c1ccccc1Cl)N1CCC(N2CCN(C(=O)c3c4ccccc4cc4ccccc34)CC2)CC1. The van der Waals surface area contributed by atoms with E-state index in [2.05, 4.69) is 35.2 Å². The number of benzene rings is 4. The molecule has 37 heavy (non-hydrogen) atoms. The van der Waals surface area contributed by atoms with E-state index in [-0.39, 0.29) is 11.8 Å². The molecule has 0 radical (unpaired) electrons. The Hall–Kier alpha value is -3.41. The monoisotopic (exact) mass is 511 g/mol. The third-order valence-corrected chi connectivity index (χ3v) is 8.29. The van der Waals surface area contributed by atoms with Crippen molar-refractivity contribution in [2.75, 3.05) is 39.3 Å². The van der Waals surface area contributed by atoms with Crippen LogP contribution in [0, 0.1) is 0 Å². The average molecular weight is 512 g/mol. The Morgan fingerprint density at radius 2 is 1.19 bits per heavy atom. The van der Waals surface area contributed by atoms with Gasteiger partial charge in [-0.15, -0.1) is 0 Å². The molecule has 2 aliphatic heterocycles. The maximum absolute atomic E-state index is 13.8. The van der Waals surface area contributed by atoms with Crippen molar-refractivity contribution < 1.29 is 9.59 Å². The number of carbonyl (C=O) groups excluding carboxylic acids is 2. The van der Waals surface area contributed by atoms with E-state index < -0.39 is 0 Å². The smallest absolute Gasteiger partial charge is 0.255 e. The van der Waals surface area contributed by atoms with Gasteiger partial charge in [0.2, 0.25) is 0 Å². The third kappa shape index (κ3) is 4.58. The number of rotatable bonds is 3. The van der Waals surface area contributed by atoms with Crippen LogP contribution in [0.15, 0.2) is 78.9 Å². The summed E-state index contributed by atoms with van der Waals surface area (Å²) in [5.41, 5.74) is 1.39. The zero-order valence-corrected chi connectivity index (χ0v) is 21.5. The maximum atomic E-state index is 13.8. The topological polar surface area (TPSA) is 43.9 Å². The quantitative estimate of drug-likeness (QED) is 0.331. The molecule has 0 unspecified atom stereocenters. The Morgan fingerprint density at radius 3 is 1.81 bits per heavy atom. The fourth-order valence-electron chi connectivity index (χ4n) is 5.93. The number of nitrogens with zero attached hydrogens (tertiary/aromatic N) is 3. The van der Waals surface area contributed by atoms with Crippen molar-refractivity contribution in [3.05, 3.63) is 95.0 Å². The lowest BCUT2D eigenvalue weighted by Crippen LogP contribution is -2.54. The lowest BCUT2D eigenvalue weighted by Gasteiger charge is -2.43. The van der Waals surface area contributed by atoms with Crippen LogP contribution in [0.1, 0.15) is 33.6 Å². The molecule has 0 spiro atoms. The molecular formula is C31H30ClN3O2. The van der Waals surface area contributed by atoms with Gasteiger partial charge in [0.15, 0.2) is 0 Å². The molecule has 2 aliphatic rings. The van der Waals surface area contributed by atoms with E-state index in [4.69, 9.17) is 11.6 Å². The second-order valence-electron chi connectivity index (χ2n) is 10.0. The summed E-state index contributed by atoms with van der Waals surface area (Å²) in [6.45, 7) is 4.62. The summed E-state index contributed by atoms with van der Waals surface area (Å²) >= 11 is 6.25. The summed E-state index contributed by atoms with van der Waals surface area (Å²) < 4.78 is 0. The van der Waals surface area contributed by atoms with Crippen molar-refractivity contribution in [1.82, 2.24) is 14.7 Å². The first kappa shape index (κ1) is 24.0. The number of piperidine rings is 1. The molecule has 6 heteroatoms. The zero-order valence-electron chi connectivity index (χ0n) is 20.8. The number of fused-ring (bicyclic) bond motifs is 2. The number of hydrogen-bond acceptors (Lipinski definition) is 3. The van der Waals surface area contributed by atoms with E-state index in [0.717, 1.165) is 79.2 Å². The van der Waals surface area contributed by atoms with E-state index in [1.54, 1.807) is 12.1 Å². The Kier molecular flexibility index (Phi) is 6.58. The predicted octanol–water partition coefficient (Wildman–Crippen LogP) is 5.71. The minimum absolute atomic E-state index is 0.0155. The molecule has 0 bridgehead atoms. The first-order valence-electron chi connectivity index (χ1n) is 13.1. The molecule has 0 saturated carbocycles. The lowest BCUT2D eigenvalue weighted by atomic mass is 9.95. The van der Waals surface area contributed by atoms with Gasteiger partial charge in [0.05, 0.1) is 16.1 Å². The molecule has 0 atom stereocenters. The van der Waals surface area contributed by atoms with Crippen LogP contribution in [-0.2, 0) is 0 Å². The van der Waals surface area contributed by atoms with Crippen LogP contribution in [0.5, 0.6) is 0 Å². The van der Waals surface area contributed by atoms with Gasteiger partial charge in [0.25, 0.3) is 11.8 Å². The Balaban J connectivity index is 1.12. The first-order chi connectivity index (χ1) is 18.1. The highest BCUT2D eigenvalue weighted by atomic mass is 35.5. The normalized spacial score (nSPS) is 17.4. The number of hydrogen-bond donors (Lipinski definition) is 0. The number of carbonyl (C=O) groups is 2. The highest BCUT2D eigenvalue weighted by molar-refractivity contribution is 6.33. The molecule has 2 heterocycles. The summed E-state index contributed by atoms with van der Waals surface area (Å²) in [7, 11) is 0. The largest absolute Gasteiger partial charge is 0.338 e. The van der Waals surface area contributed by atoms with Gasteiger partial charge >= 0.3 is 0 Å². The maximum Gasteiger partial charge on any atom is 0.255 e. The van der Waals surface area contributed by atoms with E-state index in [1.807, 2.05) is 46.2 Å².